The molecule has 176 valence electrons. The highest BCUT2D eigenvalue weighted by molar-refractivity contribution is 7.86. The third kappa shape index (κ3) is 4.92. The van der Waals surface area contributed by atoms with Crippen LogP contribution in [0.5, 0.6) is 5.75 Å². The second-order valence-electron chi connectivity index (χ2n) is 8.36. The molecule has 1 aromatic carbocycles. The van der Waals surface area contributed by atoms with Crippen molar-refractivity contribution in [2.45, 2.75) is 32.7 Å². The van der Waals surface area contributed by atoms with Gasteiger partial charge in [0.15, 0.2) is 4.77 Å². The summed E-state index contributed by atoms with van der Waals surface area (Å²) in [5, 5.41) is 0. The monoisotopic (exact) mass is 481 g/mol. The van der Waals surface area contributed by atoms with Crippen molar-refractivity contribution in [3.63, 3.8) is 0 Å². The van der Waals surface area contributed by atoms with E-state index in [-0.39, 0.29) is 12.2 Å². The maximum atomic E-state index is 13.1. The normalized spacial score (nSPS) is 24.0. The van der Waals surface area contributed by atoms with Crippen molar-refractivity contribution in [1.82, 2.24) is 22.6 Å². The summed E-state index contributed by atoms with van der Waals surface area (Å²) in [5.41, 5.74) is 0.972. The zero-order valence-corrected chi connectivity index (χ0v) is 20.4. The summed E-state index contributed by atoms with van der Waals surface area (Å²) in [7, 11) is -1.83. The van der Waals surface area contributed by atoms with Gasteiger partial charge >= 0.3 is 0 Å². The van der Waals surface area contributed by atoms with E-state index >= 15 is 0 Å². The van der Waals surface area contributed by atoms with E-state index in [9.17, 15) is 8.42 Å². The fraction of sp³-hybridized carbons (Fsp3) is 0.571. The Balaban J connectivity index is 1.37. The van der Waals surface area contributed by atoms with E-state index in [1.807, 2.05) is 59.6 Å². The van der Waals surface area contributed by atoms with Gasteiger partial charge in [0.2, 0.25) is 0 Å². The van der Waals surface area contributed by atoms with E-state index in [2.05, 4.69) is 4.90 Å². The Morgan fingerprint density at radius 2 is 1.62 bits per heavy atom. The van der Waals surface area contributed by atoms with Crippen LogP contribution in [0.4, 0.5) is 0 Å². The van der Waals surface area contributed by atoms with Gasteiger partial charge in [-0.1, -0.05) is 0 Å². The van der Waals surface area contributed by atoms with E-state index < -0.39 is 10.2 Å². The molecule has 2 saturated heterocycles. The van der Waals surface area contributed by atoms with Gasteiger partial charge in [0, 0.05) is 57.3 Å². The first-order valence-electron chi connectivity index (χ1n) is 10.8. The van der Waals surface area contributed by atoms with Crippen LogP contribution in [0.25, 0.3) is 5.69 Å². The van der Waals surface area contributed by atoms with Crippen molar-refractivity contribution in [2.24, 2.45) is 0 Å². The van der Waals surface area contributed by atoms with Gasteiger partial charge in [-0.15, -0.1) is 0 Å². The fourth-order valence-electron chi connectivity index (χ4n) is 4.26. The number of methoxy groups -OCH3 is 1. The number of hydrogen-bond acceptors (Lipinski definition) is 6. The molecule has 0 N–H and O–H groups in total. The number of piperazine rings is 1. The van der Waals surface area contributed by atoms with Crippen molar-refractivity contribution in [3.8, 4) is 11.4 Å². The van der Waals surface area contributed by atoms with Gasteiger partial charge in [0.25, 0.3) is 10.2 Å². The minimum absolute atomic E-state index is 0.0913. The second kappa shape index (κ2) is 9.62. The number of aromatic nitrogens is 2. The Morgan fingerprint density at radius 3 is 2.22 bits per heavy atom. The molecule has 2 unspecified atom stereocenters. The molecule has 11 heteroatoms. The molecule has 2 aromatic rings. The predicted octanol–water partition coefficient (Wildman–Crippen LogP) is 1.95. The minimum atomic E-state index is -3.47. The van der Waals surface area contributed by atoms with E-state index in [0.29, 0.717) is 50.7 Å². The molecule has 32 heavy (non-hydrogen) atoms. The van der Waals surface area contributed by atoms with Crippen LogP contribution in [0, 0.1) is 4.77 Å². The van der Waals surface area contributed by atoms with E-state index in [4.69, 9.17) is 21.7 Å². The van der Waals surface area contributed by atoms with Gasteiger partial charge in [-0.05, 0) is 50.3 Å². The zero-order valence-electron chi connectivity index (χ0n) is 18.8. The number of hydrogen-bond donors (Lipinski definition) is 0. The average molecular weight is 482 g/mol. The smallest absolute Gasteiger partial charge is 0.282 e. The maximum absolute atomic E-state index is 13.1. The topological polar surface area (TPSA) is 72.2 Å². The van der Waals surface area contributed by atoms with Crippen LogP contribution < -0.4 is 4.74 Å². The van der Waals surface area contributed by atoms with Gasteiger partial charge < -0.3 is 14.0 Å². The summed E-state index contributed by atoms with van der Waals surface area (Å²) in [5.74, 6) is 0.800. The highest BCUT2D eigenvalue weighted by Crippen LogP contribution is 2.20. The van der Waals surface area contributed by atoms with Crippen molar-refractivity contribution in [2.75, 3.05) is 46.4 Å². The first-order chi connectivity index (χ1) is 15.3. The average Bonchev–Trinajstić information content (AvgIpc) is 3.13. The first-order valence-corrected chi connectivity index (χ1v) is 12.6. The van der Waals surface area contributed by atoms with E-state index in [1.165, 1.54) is 0 Å². The Morgan fingerprint density at radius 1 is 1.00 bits per heavy atom. The Bertz CT molecular complexity index is 1060. The molecule has 2 fully saturated rings. The Labute approximate surface area is 194 Å². The first kappa shape index (κ1) is 23.4. The van der Waals surface area contributed by atoms with Crippen LogP contribution in [-0.4, -0.2) is 89.6 Å². The number of rotatable bonds is 6. The summed E-state index contributed by atoms with van der Waals surface area (Å²) >= 11 is 5.67. The van der Waals surface area contributed by atoms with Crippen LogP contribution in [0.2, 0.25) is 0 Å². The van der Waals surface area contributed by atoms with Crippen LogP contribution in [0.15, 0.2) is 36.7 Å². The molecule has 0 saturated carbocycles. The number of benzene rings is 1. The lowest BCUT2D eigenvalue weighted by Crippen LogP contribution is -2.57. The third-order valence-electron chi connectivity index (χ3n) is 5.92. The van der Waals surface area contributed by atoms with Crippen LogP contribution in [0.3, 0.4) is 0 Å². The summed E-state index contributed by atoms with van der Waals surface area (Å²) in [4.78, 5) is 2.23. The summed E-state index contributed by atoms with van der Waals surface area (Å²) in [6.07, 6.45) is 3.73. The van der Waals surface area contributed by atoms with Gasteiger partial charge in [-0.2, -0.15) is 17.0 Å². The quantitative estimate of drug-likeness (QED) is 0.588. The largest absolute Gasteiger partial charge is 0.497 e. The second-order valence-corrected chi connectivity index (χ2v) is 10.7. The fourth-order valence-corrected chi connectivity index (χ4v) is 6.29. The van der Waals surface area contributed by atoms with Gasteiger partial charge in [-0.3, -0.25) is 9.47 Å². The SMILES string of the molecule is COc1ccc(-n2ccn(CN3CCN(S(=O)(=O)N4CC(C)OC(C)C4)CC3)c2=S)cc1. The Hall–Kier alpha value is -1.76. The molecule has 2 aliphatic heterocycles. The lowest BCUT2D eigenvalue weighted by Gasteiger charge is -2.40. The molecule has 4 rings (SSSR count). The van der Waals surface area contributed by atoms with Crippen LogP contribution in [-0.2, 0) is 21.6 Å². The summed E-state index contributed by atoms with van der Waals surface area (Å²) < 4.78 is 44.9. The lowest BCUT2D eigenvalue weighted by molar-refractivity contribution is -0.0458. The predicted molar refractivity (Wildman–Crippen MR) is 125 cm³/mol. The minimum Gasteiger partial charge on any atom is -0.497 e. The molecule has 0 bridgehead atoms. The molecule has 0 spiro atoms. The van der Waals surface area contributed by atoms with Crippen molar-refractivity contribution < 1.29 is 17.9 Å². The summed E-state index contributed by atoms with van der Waals surface area (Å²) in [6.45, 7) is 7.51. The molecule has 1 aromatic heterocycles. The molecule has 0 amide bonds. The Kier molecular flexibility index (Phi) is 7.03. The molecule has 0 radical (unpaired) electrons. The van der Waals surface area contributed by atoms with Crippen molar-refractivity contribution in [1.29, 1.82) is 0 Å². The number of nitrogens with zero attached hydrogens (tertiary/aromatic N) is 5. The molecular weight excluding hydrogens is 450 g/mol. The number of morpholine rings is 1. The van der Waals surface area contributed by atoms with Gasteiger partial charge in [0.05, 0.1) is 26.0 Å². The van der Waals surface area contributed by atoms with E-state index in [0.717, 1.165) is 11.4 Å². The van der Waals surface area contributed by atoms with Gasteiger partial charge in [-0.25, -0.2) is 0 Å². The highest BCUT2D eigenvalue weighted by atomic mass is 32.2. The highest BCUT2D eigenvalue weighted by Gasteiger charge is 2.36. The third-order valence-corrected chi connectivity index (χ3v) is 8.32. The molecule has 2 aliphatic rings. The molecular formula is C21H31N5O4S2. The molecule has 9 nitrogen and oxygen atoms in total. The number of imidazole rings is 1. The molecule has 2 atom stereocenters. The van der Waals surface area contributed by atoms with E-state index in [1.54, 1.807) is 15.7 Å². The van der Waals surface area contributed by atoms with Crippen LogP contribution >= 0.6 is 12.2 Å². The maximum Gasteiger partial charge on any atom is 0.282 e. The standard InChI is InChI=1S/C21H31N5O4S2/c1-17-14-25(15-18(2)30-17)32(27,28)24-11-8-22(9-12-24)16-23-10-13-26(21(23)31)19-4-6-20(29-3)7-5-19/h4-7,10,13,17-18H,8-9,11-12,14-16H2,1-3H3. The molecule has 3 heterocycles. The van der Waals surface area contributed by atoms with Crippen LogP contribution in [0.1, 0.15) is 13.8 Å². The number of ether oxygens (including phenoxy) is 2. The van der Waals surface area contributed by atoms with Crippen molar-refractivity contribution in [3.05, 3.63) is 41.4 Å². The summed E-state index contributed by atoms with van der Waals surface area (Å²) in [6, 6.07) is 7.75. The molecule has 0 aliphatic carbocycles. The van der Waals surface area contributed by atoms with Crippen molar-refractivity contribution >= 4 is 22.4 Å². The lowest BCUT2D eigenvalue weighted by atomic mass is 10.3. The van der Waals surface area contributed by atoms with Gasteiger partial charge in [0.1, 0.15) is 5.75 Å². The zero-order chi connectivity index (χ0) is 22.9.